The second-order valence-electron chi connectivity index (χ2n) is 7.32. The highest BCUT2D eigenvalue weighted by Crippen LogP contribution is 2.30. The smallest absolute Gasteiger partial charge is 0.240 e. The summed E-state index contributed by atoms with van der Waals surface area (Å²) in [6.07, 6.45) is 1.54. The topological polar surface area (TPSA) is 68.2 Å². The number of sulfone groups is 1. The molecule has 3 aromatic carbocycles. The monoisotopic (exact) mass is 452 g/mol. The number of halogens is 1. The van der Waals surface area contributed by atoms with E-state index >= 15 is 0 Å². The lowest BCUT2D eigenvalue weighted by Gasteiger charge is -2.08. The van der Waals surface area contributed by atoms with Crippen LogP contribution in [0.15, 0.2) is 88.8 Å². The van der Waals surface area contributed by atoms with Crippen LogP contribution in [-0.4, -0.2) is 18.9 Å². The van der Waals surface area contributed by atoms with Crippen LogP contribution >= 0.6 is 11.6 Å². The molecule has 0 radical (unpaired) electrons. The van der Waals surface area contributed by atoms with Gasteiger partial charge in [-0.2, -0.15) is 0 Å². The summed E-state index contributed by atoms with van der Waals surface area (Å²) in [6, 6.07) is 21.2. The lowest BCUT2D eigenvalue weighted by molar-refractivity contribution is -0.121. The van der Waals surface area contributed by atoms with Crippen LogP contribution in [0.25, 0.3) is 10.9 Å². The van der Waals surface area contributed by atoms with Crippen LogP contribution in [0.4, 0.5) is 0 Å². The van der Waals surface area contributed by atoms with E-state index < -0.39 is 9.84 Å². The second kappa shape index (κ2) is 8.57. The number of benzene rings is 3. The van der Waals surface area contributed by atoms with Gasteiger partial charge in [0.15, 0.2) is 0 Å². The van der Waals surface area contributed by atoms with Crippen LogP contribution in [-0.2, 0) is 27.7 Å². The number of carbonyl (C=O) groups is 1. The Balaban J connectivity index is 1.63. The first-order valence-electron chi connectivity index (χ1n) is 9.76. The molecule has 31 heavy (non-hydrogen) atoms. The fraction of sp³-hybridized carbons (Fsp3) is 0.125. The lowest BCUT2D eigenvalue weighted by Crippen LogP contribution is -2.27. The van der Waals surface area contributed by atoms with Crippen molar-refractivity contribution in [1.29, 1.82) is 0 Å². The van der Waals surface area contributed by atoms with E-state index in [0.29, 0.717) is 22.5 Å². The van der Waals surface area contributed by atoms with Gasteiger partial charge in [-0.25, -0.2) is 8.42 Å². The summed E-state index contributed by atoms with van der Waals surface area (Å²) in [5.41, 5.74) is 2.48. The molecule has 7 heteroatoms. The number of nitrogens with one attached hydrogen (secondary N) is 1. The van der Waals surface area contributed by atoms with E-state index in [9.17, 15) is 13.2 Å². The van der Waals surface area contributed by atoms with Gasteiger partial charge in [-0.05, 0) is 36.8 Å². The number of nitrogens with zero attached hydrogens (tertiary/aromatic N) is 1. The molecule has 0 aliphatic heterocycles. The molecule has 1 amide bonds. The van der Waals surface area contributed by atoms with Gasteiger partial charge in [-0.15, -0.1) is 0 Å². The van der Waals surface area contributed by atoms with Crippen molar-refractivity contribution in [2.75, 3.05) is 0 Å². The third-order valence-corrected chi connectivity index (χ3v) is 7.29. The molecule has 0 saturated heterocycles. The Hall–Kier alpha value is -3.09. The van der Waals surface area contributed by atoms with E-state index in [4.69, 9.17) is 11.6 Å². The summed E-state index contributed by atoms with van der Waals surface area (Å²) < 4.78 is 28.2. The number of amides is 1. The van der Waals surface area contributed by atoms with Crippen molar-refractivity contribution in [1.82, 2.24) is 9.88 Å². The Morgan fingerprint density at radius 2 is 1.65 bits per heavy atom. The summed E-state index contributed by atoms with van der Waals surface area (Å²) in [5, 5.41) is 4.01. The lowest BCUT2D eigenvalue weighted by atomic mass is 10.2. The number of aromatic nitrogens is 1. The van der Waals surface area contributed by atoms with Crippen LogP contribution in [0.5, 0.6) is 0 Å². The molecular formula is C24H21ClN2O3S. The van der Waals surface area contributed by atoms with Crippen LogP contribution in [0, 0.1) is 6.92 Å². The van der Waals surface area contributed by atoms with Crippen molar-refractivity contribution in [2.45, 2.75) is 29.8 Å². The Kier molecular flexibility index (Phi) is 5.85. The molecule has 1 N–H and O–H groups in total. The summed E-state index contributed by atoms with van der Waals surface area (Å²) in [6.45, 7) is 2.20. The maximum Gasteiger partial charge on any atom is 0.240 e. The van der Waals surface area contributed by atoms with Gasteiger partial charge in [0.1, 0.15) is 6.54 Å². The van der Waals surface area contributed by atoms with Crippen molar-refractivity contribution >= 4 is 38.2 Å². The summed E-state index contributed by atoms with van der Waals surface area (Å²) in [5.74, 6) is -0.236. The van der Waals surface area contributed by atoms with Gasteiger partial charge < -0.3 is 9.88 Å². The standard InChI is InChI=1S/C24H21ClN2O3S/c1-17-10-12-19(13-11-17)31(29,30)23-15-27(22-9-5-3-7-20(22)23)16-24(28)26-14-18-6-2-4-8-21(18)25/h2-13,15H,14,16H2,1H3,(H,26,28). The van der Waals surface area contributed by atoms with Crippen molar-refractivity contribution < 1.29 is 13.2 Å². The van der Waals surface area contributed by atoms with E-state index in [1.54, 1.807) is 47.0 Å². The SMILES string of the molecule is Cc1ccc(S(=O)(=O)c2cn(CC(=O)NCc3ccccc3Cl)c3ccccc23)cc1. The fourth-order valence-electron chi connectivity index (χ4n) is 3.45. The van der Waals surface area contributed by atoms with Crippen LogP contribution in [0.1, 0.15) is 11.1 Å². The maximum absolute atomic E-state index is 13.3. The third kappa shape index (κ3) is 4.36. The van der Waals surface area contributed by atoms with Crippen molar-refractivity contribution in [3.05, 3.63) is 95.1 Å². The Bertz CT molecular complexity index is 1360. The number of para-hydroxylation sites is 1. The molecule has 1 heterocycles. The zero-order chi connectivity index (χ0) is 22.0. The minimum absolute atomic E-state index is 0.00557. The highest BCUT2D eigenvalue weighted by molar-refractivity contribution is 7.91. The quantitative estimate of drug-likeness (QED) is 0.459. The average molecular weight is 453 g/mol. The van der Waals surface area contributed by atoms with E-state index in [0.717, 1.165) is 11.1 Å². The number of rotatable bonds is 6. The second-order valence-corrected chi connectivity index (χ2v) is 9.65. The molecule has 0 aliphatic rings. The highest BCUT2D eigenvalue weighted by atomic mass is 35.5. The van der Waals surface area contributed by atoms with E-state index in [1.165, 1.54) is 6.20 Å². The number of aryl methyl sites for hydroxylation is 1. The Morgan fingerprint density at radius 3 is 2.39 bits per heavy atom. The largest absolute Gasteiger partial charge is 0.350 e. The Labute approximate surface area is 186 Å². The molecule has 5 nitrogen and oxygen atoms in total. The zero-order valence-electron chi connectivity index (χ0n) is 16.9. The molecule has 158 valence electrons. The number of hydrogen-bond acceptors (Lipinski definition) is 3. The normalized spacial score (nSPS) is 11.5. The van der Waals surface area contributed by atoms with Crippen molar-refractivity contribution in [3.8, 4) is 0 Å². The first kappa shape index (κ1) is 21.2. The third-order valence-electron chi connectivity index (χ3n) is 5.12. The molecule has 0 aliphatic carbocycles. The van der Waals surface area contributed by atoms with E-state index in [-0.39, 0.29) is 22.2 Å². The maximum atomic E-state index is 13.3. The van der Waals surface area contributed by atoms with Gasteiger partial charge in [0, 0.05) is 28.7 Å². The van der Waals surface area contributed by atoms with E-state index in [1.807, 2.05) is 37.3 Å². The van der Waals surface area contributed by atoms with Crippen molar-refractivity contribution in [2.24, 2.45) is 0 Å². The predicted molar refractivity (Wildman–Crippen MR) is 122 cm³/mol. The Morgan fingerprint density at radius 1 is 0.968 bits per heavy atom. The molecule has 0 saturated carbocycles. The van der Waals surface area contributed by atoms with Gasteiger partial charge in [0.2, 0.25) is 15.7 Å². The summed E-state index contributed by atoms with van der Waals surface area (Å²) >= 11 is 6.14. The van der Waals surface area contributed by atoms with Crippen molar-refractivity contribution in [3.63, 3.8) is 0 Å². The summed E-state index contributed by atoms with van der Waals surface area (Å²) in [4.78, 5) is 13.0. The molecule has 0 spiro atoms. The molecule has 1 aromatic heterocycles. The molecule has 0 unspecified atom stereocenters. The molecular weight excluding hydrogens is 432 g/mol. The minimum Gasteiger partial charge on any atom is -0.350 e. The number of carbonyl (C=O) groups excluding carboxylic acids is 1. The van der Waals surface area contributed by atoms with Crippen LogP contribution in [0.3, 0.4) is 0 Å². The van der Waals surface area contributed by atoms with E-state index in [2.05, 4.69) is 5.32 Å². The minimum atomic E-state index is -3.73. The van der Waals surface area contributed by atoms with Crippen LogP contribution in [0.2, 0.25) is 5.02 Å². The first-order valence-corrected chi connectivity index (χ1v) is 11.6. The van der Waals surface area contributed by atoms with Crippen LogP contribution < -0.4 is 5.32 Å². The van der Waals surface area contributed by atoms with Gasteiger partial charge in [-0.3, -0.25) is 4.79 Å². The molecule has 0 bridgehead atoms. The molecule has 0 fully saturated rings. The van der Waals surface area contributed by atoms with Gasteiger partial charge in [0.25, 0.3) is 0 Å². The van der Waals surface area contributed by atoms with Gasteiger partial charge in [-0.1, -0.05) is 65.7 Å². The summed E-state index contributed by atoms with van der Waals surface area (Å²) in [7, 11) is -3.73. The number of hydrogen-bond donors (Lipinski definition) is 1. The highest BCUT2D eigenvalue weighted by Gasteiger charge is 2.23. The predicted octanol–water partition coefficient (Wildman–Crippen LogP) is 4.75. The number of fused-ring (bicyclic) bond motifs is 1. The molecule has 4 rings (SSSR count). The van der Waals surface area contributed by atoms with Gasteiger partial charge in [0.05, 0.1) is 9.79 Å². The first-order chi connectivity index (χ1) is 14.9. The zero-order valence-corrected chi connectivity index (χ0v) is 18.5. The average Bonchev–Trinajstić information content (AvgIpc) is 3.13. The molecule has 4 aromatic rings. The fourth-order valence-corrected chi connectivity index (χ4v) is 5.13. The molecule has 0 atom stereocenters. The van der Waals surface area contributed by atoms with Gasteiger partial charge >= 0.3 is 0 Å².